The molecule has 0 N–H and O–H groups in total. The third kappa shape index (κ3) is 3.13. The summed E-state index contributed by atoms with van der Waals surface area (Å²) < 4.78 is 31.3. The lowest BCUT2D eigenvalue weighted by molar-refractivity contribution is 0.0810. The highest BCUT2D eigenvalue weighted by atomic mass is 32.2. The van der Waals surface area contributed by atoms with Gasteiger partial charge in [0, 0.05) is 26.0 Å². The van der Waals surface area contributed by atoms with Crippen LogP contribution in [0.2, 0.25) is 0 Å². The summed E-state index contributed by atoms with van der Waals surface area (Å²) in [6.45, 7) is 2.23. The van der Waals surface area contributed by atoms with Gasteiger partial charge < -0.3 is 4.74 Å². The van der Waals surface area contributed by atoms with Crippen LogP contribution in [0.1, 0.15) is 18.9 Å². The fraction of sp³-hybridized carbons (Fsp3) is 0.615. The van der Waals surface area contributed by atoms with Crippen LogP contribution in [0.5, 0.6) is 0 Å². The van der Waals surface area contributed by atoms with E-state index in [1.165, 1.54) is 0 Å². The molecule has 1 aliphatic rings. The first-order valence-electron chi connectivity index (χ1n) is 6.49. The molecule has 5 nitrogen and oxygen atoms in total. The molecule has 1 aromatic rings. The molecule has 2 atom stereocenters. The van der Waals surface area contributed by atoms with Crippen LogP contribution < -0.4 is 0 Å². The number of sulfonamides is 1. The molecule has 1 aliphatic heterocycles. The molecule has 2 heterocycles. The SMILES string of the molecule is CCS(=O)(=O)N1CC[C@H](OC)[C@@H]1Cc1ccncc1. The Balaban J connectivity index is 2.22. The minimum atomic E-state index is -3.17. The van der Waals surface area contributed by atoms with E-state index in [4.69, 9.17) is 4.74 Å². The van der Waals surface area contributed by atoms with E-state index in [1.807, 2.05) is 12.1 Å². The summed E-state index contributed by atoms with van der Waals surface area (Å²) in [5, 5.41) is 0. The van der Waals surface area contributed by atoms with Crippen molar-refractivity contribution in [2.45, 2.75) is 31.9 Å². The molecule has 0 amide bonds. The van der Waals surface area contributed by atoms with Gasteiger partial charge in [-0.25, -0.2) is 8.42 Å². The van der Waals surface area contributed by atoms with E-state index in [2.05, 4.69) is 4.98 Å². The molecule has 1 aromatic heterocycles. The Hall–Kier alpha value is -0.980. The summed E-state index contributed by atoms with van der Waals surface area (Å²) in [5.41, 5.74) is 1.08. The Kier molecular flexibility index (Phi) is 4.54. The zero-order chi connectivity index (χ0) is 13.9. The lowest BCUT2D eigenvalue weighted by Crippen LogP contribution is -2.42. The van der Waals surface area contributed by atoms with Crippen molar-refractivity contribution in [3.63, 3.8) is 0 Å². The van der Waals surface area contributed by atoms with Gasteiger partial charge >= 0.3 is 0 Å². The Morgan fingerprint density at radius 3 is 2.68 bits per heavy atom. The molecular formula is C13H20N2O3S. The van der Waals surface area contributed by atoms with Crippen LogP contribution in [-0.4, -0.2) is 49.3 Å². The number of hydrogen-bond acceptors (Lipinski definition) is 4. The van der Waals surface area contributed by atoms with Gasteiger partial charge in [-0.1, -0.05) is 0 Å². The molecular weight excluding hydrogens is 264 g/mol. The van der Waals surface area contributed by atoms with E-state index < -0.39 is 10.0 Å². The second kappa shape index (κ2) is 5.98. The van der Waals surface area contributed by atoms with Crippen molar-refractivity contribution >= 4 is 10.0 Å². The first-order chi connectivity index (χ1) is 9.08. The van der Waals surface area contributed by atoms with Crippen LogP contribution in [0.3, 0.4) is 0 Å². The Morgan fingerprint density at radius 2 is 2.11 bits per heavy atom. The molecule has 19 heavy (non-hydrogen) atoms. The van der Waals surface area contributed by atoms with Gasteiger partial charge in [0.1, 0.15) is 0 Å². The van der Waals surface area contributed by atoms with E-state index in [0.717, 1.165) is 12.0 Å². The lowest BCUT2D eigenvalue weighted by atomic mass is 10.0. The van der Waals surface area contributed by atoms with Crippen molar-refractivity contribution in [2.24, 2.45) is 0 Å². The summed E-state index contributed by atoms with van der Waals surface area (Å²) in [4.78, 5) is 3.98. The quantitative estimate of drug-likeness (QED) is 0.811. The lowest BCUT2D eigenvalue weighted by Gasteiger charge is -2.26. The Morgan fingerprint density at radius 1 is 1.42 bits per heavy atom. The largest absolute Gasteiger partial charge is 0.380 e. The fourth-order valence-electron chi connectivity index (χ4n) is 2.58. The number of ether oxygens (including phenoxy) is 1. The number of methoxy groups -OCH3 is 1. The number of aromatic nitrogens is 1. The summed E-state index contributed by atoms with van der Waals surface area (Å²) in [5.74, 6) is 0.135. The van der Waals surface area contributed by atoms with Crippen LogP contribution in [0.25, 0.3) is 0 Å². The molecule has 0 bridgehead atoms. The number of rotatable bonds is 5. The van der Waals surface area contributed by atoms with Gasteiger partial charge in [0.15, 0.2) is 0 Å². The van der Waals surface area contributed by atoms with Gasteiger partial charge in [0.2, 0.25) is 10.0 Å². The average Bonchev–Trinajstić information content (AvgIpc) is 2.83. The summed E-state index contributed by atoms with van der Waals surface area (Å²) in [7, 11) is -1.53. The summed E-state index contributed by atoms with van der Waals surface area (Å²) >= 11 is 0. The zero-order valence-corrected chi connectivity index (χ0v) is 12.1. The van der Waals surface area contributed by atoms with Crippen LogP contribution in [0.4, 0.5) is 0 Å². The van der Waals surface area contributed by atoms with Crippen LogP contribution in [0.15, 0.2) is 24.5 Å². The van der Waals surface area contributed by atoms with Crippen LogP contribution in [0, 0.1) is 0 Å². The molecule has 1 saturated heterocycles. The van der Waals surface area contributed by atoms with E-state index in [0.29, 0.717) is 13.0 Å². The van der Waals surface area contributed by atoms with Gasteiger partial charge in [0.25, 0.3) is 0 Å². The van der Waals surface area contributed by atoms with Crippen molar-refractivity contribution in [1.82, 2.24) is 9.29 Å². The standard InChI is InChI=1S/C13H20N2O3S/c1-3-19(16,17)15-9-6-13(18-2)12(15)10-11-4-7-14-8-5-11/h4-5,7-8,12-13H,3,6,9-10H2,1-2H3/t12-,13-/m0/s1. The van der Waals surface area contributed by atoms with Crippen molar-refractivity contribution in [3.05, 3.63) is 30.1 Å². The van der Waals surface area contributed by atoms with Gasteiger partial charge in [-0.2, -0.15) is 4.31 Å². The molecule has 0 aromatic carbocycles. The third-order valence-electron chi connectivity index (χ3n) is 3.65. The van der Waals surface area contributed by atoms with Crippen molar-refractivity contribution in [2.75, 3.05) is 19.4 Å². The molecule has 0 spiro atoms. The zero-order valence-electron chi connectivity index (χ0n) is 11.3. The highest BCUT2D eigenvalue weighted by Gasteiger charge is 2.40. The van der Waals surface area contributed by atoms with Crippen molar-refractivity contribution in [3.8, 4) is 0 Å². The summed E-state index contributed by atoms with van der Waals surface area (Å²) in [6.07, 6.45) is 4.84. The molecule has 1 fully saturated rings. The number of nitrogens with zero attached hydrogens (tertiary/aromatic N) is 2. The molecule has 0 saturated carbocycles. The molecule has 0 aliphatic carbocycles. The highest BCUT2D eigenvalue weighted by Crippen LogP contribution is 2.26. The summed E-state index contributed by atoms with van der Waals surface area (Å²) in [6, 6.07) is 3.72. The monoisotopic (exact) mass is 284 g/mol. The normalized spacial score (nSPS) is 24.7. The predicted molar refractivity (Wildman–Crippen MR) is 73.3 cm³/mol. The van der Waals surface area contributed by atoms with Crippen molar-refractivity contribution < 1.29 is 13.2 Å². The van der Waals surface area contributed by atoms with Crippen LogP contribution >= 0.6 is 0 Å². The van der Waals surface area contributed by atoms with E-state index in [1.54, 1.807) is 30.7 Å². The number of pyridine rings is 1. The molecule has 6 heteroatoms. The first kappa shape index (κ1) is 14.4. The molecule has 0 unspecified atom stereocenters. The van der Waals surface area contributed by atoms with E-state index >= 15 is 0 Å². The maximum atomic E-state index is 12.1. The van der Waals surface area contributed by atoms with Crippen molar-refractivity contribution in [1.29, 1.82) is 0 Å². The molecule has 106 valence electrons. The maximum absolute atomic E-state index is 12.1. The fourth-order valence-corrected chi connectivity index (χ4v) is 3.92. The molecule has 0 radical (unpaired) electrons. The maximum Gasteiger partial charge on any atom is 0.214 e. The second-order valence-corrected chi connectivity index (χ2v) is 6.91. The molecule has 2 rings (SSSR count). The smallest absolute Gasteiger partial charge is 0.214 e. The van der Waals surface area contributed by atoms with E-state index in [9.17, 15) is 8.42 Å². The van der Waals surface area contributed by atoms with E-state index in [-0.39, 0.29) is 17.9 Å². The predicted octanol–water partition coefficient (Wildman–Crippen LogP) is 1.06. The average molecular weight is 284 g/mol. The Bertz CT molecular complexity index is 504. The topological polar surface area (TPSA) is 59.5 Å². The third-order valence-corrected chi connectivity index (χ3v) is 5.55. The van der Waals surface area contributed by atoms with Gasteiger partial charge in [-0.3, -0.25) is 4.98 Å². The highest BCUT2D eigenvalue weighted by molar-refractivity contribution is 7.89. The van der Waals surface area contributed by atoms with Gasteiger partial charge in [-0.15, -0.1) is 0 Å². The number of hydrogen-bond donors (Lipinski definition) is 0. The Labute approximate surface area is 114 Å². The van der Waals surface area contributed by atoms with Crippen LogP contribution in [-0.2, 0) is 21.2 Å². The minimum absolute atomic E-state index is 0.0329. The second-order valence-electron chi connectivity index (χ2n) is 4.70. The minimum Gasteiger partial charge on any atom is -0.380 e. The van der Waals surface area contributed by atoms with Gasteiger partial charge in [0.05, 0.1) is 17.9 Å². The first-order valence-corrected chi connectivity index (χ1v) is 8.10. The van der Waals surface area contributed by atoms with Gasteiger partial charge in [-0.05, 0) is 37.5 Å².